The lowest BCUT2D eigenvalue weighted by molar-refractivity contribution is 0.171. The molecule has 1 atom stereocenters. The van der Waals surface area contributed by atoms with Crippen molar-refractivity contribution < 1.29 is 9.47 Å². The third kappa shape index (κ3) is 4.38. The summed E-state index contributed by atoms with van der Waals surface area (Å²) in [6.07, 6.45) is 2.08. The molecule has 2 N–H and O–H groups in total. The van der Waals surface area contributed by atoms with Crippen LogP contribution in [0.25, 0.3) is 0 Å². The van der Waals surface area contributed by atoms with E-state index in [-0.39, 0.29) is 6.04 Å². The molecule has 4 nitrogen and oxygen atoms in total. The maximum atomic E-state index is 5.97. The van der Waals surface area contributed by atoms with Gasteiger partial charge in [-0.05, 0) is 25.3 Å². The quantitative estimate of drug-likeness (QED) is 0.709. The molecule has 1 rings (SSSR count). The Morgan fingerprint density at radius 2 is 2.05 bits per heavy atom. The molecule has 0 radical (unpaired) electrons. The van der Waals surface area contributed by atoms with E-state index < -0.39 is 0 Å². The summed E-state index contributed by atoms with van der Waals surface area (Å²) in [7, 11) is 3.45. The highest BCUT2D eigenvalue weighted by Gasteiger charge is 2.18. The number of nitrogens with zero attached hydrogens (tertiary/aromatic N) is 1. The van der Waals surface area contributed by atoms with Gasteiger partial charge in [-0.1, -0.05) is 6.07 Å². The molecule has 0 fully saturated rings. The topological polar surface area (TPSA) is 47.7 Å². The average molecular weight is 298 g/mol. The Balaban J connectivity index is 3.11. The van der Waals surface area contributed by atoms with Crippen molar-refractivity contribution in [3.05, 3.63) is 23.8 Å². The second-order valence-electron chi connectivity index (χ2n) is 4.65. The van der Waals surface area contributed by atoms with E-state index >= 15 is 0 Å². The molecule has 5 heteroatoms. The van der Waals surface area contributed by atoms with Crippen molar-refractivity contribution in [3.63, 3.8) is 0 Å². The Bertz CT molecular complexity index is 401. The van der Waals surface area contributed by atoms with Crippen LogP contribution in [0.5, 0.6) is 0 Å². The Morgan fingerprint density at radius 1 is 1.30 bits per heavy atom. The SMILES string of the molecule is COCCN(c1cccc(SC)c1CN)C(C)COC. The van der Waals surface area contributed by atoms with Crippen LogP contribution in [-0.4, -0.2) is 46.3 Å². The van der Waals surface area contributed by atoms with Gasteiger partial charge in [0.15, 0.2) is 0 Å². The van der Waals surface area contributed by atoms with Gasteiger partial charge in [0.1, 0.15) is 0 Å². The standard InChI is InChI=1S/C15H26N2O2S/c1-12(11-19-3)17(8-9-18-2)14-6-5-7-15(20-4)13(14)10-16/h5-7,12H,8-11,16H2,1-4H3. The summed E-state index contributed by atoms with van der Waals surface area (Å²) < 4.78 is 10.5. The lowest BCUT2D eigenvalue weighted by Crippen LogP contribution is -2.39. The fourth-order valence-electron chi connectivity index (χ4n) is 2.32. The van der Waals surface area contributed by atoms with Gasteiger partial charge in [0, 0.05) is 49.5 Å². The van der Waals surface area contributed by atoms with Gasteiger partial charge in [-0.3, -0.25) is 0 Å². The van der Waals surface area contributed by atoms with Crippen molar-refractivity contribution in [2.24, 2.45) is 5.73 Å². The zero-order chi connectivity index (χ0) is 15.0. The fraction of sp³-hybridized carbons (Fsp3) is 0.600. The number of rotatable bonds is 9. The smallest absolute Gasteiger partial charge is 0.0663 e. The maximum Gasteiger partial charge on any atom is 0.0663 e. The largest absolute Gasteiger partial charge is 0.383 e. The molecule has 114 valence electrons. The molecule has 0 amide bonds. The van der Waals surface area contributed by atoms with Gasteiger partial charge in [-0.15, -0.1) is 11.8 Å². The molecule has 0 aliphatic rings. The van der Waals surface area contributed by atoms with Crippen molar-refractivity contribution in [2.45, 2.75) is 24.4 Å². The zero-order valence-corrected chi connectivity index (χ0v) is 13.7. The van der Waals surface area contributed by atoms with Gasteiger partial charge in [-0.2, -0.15) is 0 Å². The minimum Gasteiger partial charge on any atom is -0.383 e. The van der Waals surface area contributed by atoms with Crippen molar-refractivity contribution in [1.82, 2.24) is 0 Å². The highest BCUT2D eigenvalue weighted by atomic mass is 32.2. The summed E-state index contributed by atoms with van der Waals surface area (Å²) in [5.74, 6) is 0. The summed E-state index contributed by atoms with van der Waals surface area (Å²) in [5.41, 5.74) is 8.34. The number of hydrogen-bond donors (Lipinski definition) is 1. The second kappa shape index (κ2) is 9.23. The van der Waals surface area contributed by atoms with E-state index in [1.54, 1.807) is 26.0 Å². The molecule has 0 aromatic heterocycles. The number of benzene rings is 1. The number of ether oxygens (including phenoxy) is 2. The molecule has 0 spiro atoms. The van der Waals surface area contributed by atoms with Crippen LogP contribution in [-0.2, 0) is 16.0 Å². The average Bonchev–Trinajstić information content (AvgIpc) is 2.47. The molecular weight excluding hydrogens is 272 g/mol. The van der Waals surface area contributed by atoms with Gasteiger partial charge >= 0.3 is 0 Å². The lowest BCUT2D eigenvalue weighted by atomic mass is 10.1. The summed E-state index contributed by atoms with van der Waals surface area (Å²) in [6.45, 7) is 4.88. The lowest BCUT2D eigenvalue weighted by Gasteiger charge is -2.33. The first-order valence-electron chi connectivity index (χ1n) is 6.80. The van der Waals surface area contributed by atoms with Crippen LogP contribution < -0.4 is 10.6 Å². The predicted octanol–water partition coefficient (Wildman–Crippen LogP) is 2.35. The number of thioether (sulfide) groups is 1. The molecular formula is C15H26N2O2S. The van der Waals surface area contributed by atoms with Crippen LogP contribution in [0.3, 0.4) is 0 Å². The van der Waals surface area contributed by atoms with Gasteiger partial charge < -0.3 is 20.1 Å². The van der Waals surface area contributed by atoms with Crippen molar-refractivity contribution >= 4 is 17.4 Å². The Labute approximate surface area is 126 Å². The van der Waals surface area contributed by atoms with Crippen LogP contribution >= 0.6 is 11.8 Å². The van der Waals surface area contributed by atoms with E-state index in [1.807, 2.05) is 0 Å². The number of methoxy groups -OCH3 is 2. The molecule has 0 saturated heterocycles. The van der Waals surface area contributed by atoms with E-state index in [4.69, 9.17) is 15.2 Å². The third-order valence-corrected chi connectivity index (χ3v) is 4.14. The first kappa shape index (κ1) is 17.3. The van der Waals surface area contributed by atoms with Gasteiger partial charge in [0.25, 0.3) is 0 Å². The molecule has 0 bridgehead atoms. The molecule has 0 aliphatic carbocycles. The second-order valence-corrected chi connectivity index (χ2v) is 5.50. The predicted molar refractivity (Wildman–Crippen MR) is 86.7 cm³/mol. The highest BCUT2D eigenvalue weighted by Crippen LogP contribution is 2.30. The number of nitrogens with two attached hydrogens (primary N) is 1. The summed E-state index contributed by atoms with van der Waals surface area (Å²) in [6, 6.07) is 6.60. The van der Waals surface area contributed by atoms with Crippen LogP contribution in [0.2, 0.25) is 0 Å². The van der Waals surface area contributed by atoms with E-state index in [0.29, 0.717) is 19.8 Å². The summed E-state index contributed by atoms with van der Waals surface area (Å²) >= 11 is 1.73. The molecule has 1 aromatic rings. The van der Waals surface area contributed by atoms with E-state index in [1.165, 1.54) is 16.1 Å². The van der Waals surface area contributed by atoms with Crippen molar-refractivity contribution in [3.8, 4) is 0 Å². The Morgan fingerprint density at radius 3 is 2.60 bits per heavy atom. The van der Waals surface area contributed by atoms with Crippen LogP contribution in [0.15, 0.2) is 23.1 Å². The summed E-state index contributed by atoms with van der Waals surface area (Å²) in [5, 5.41) is 0. The monoisotopic (exact) mass is 298 g/mol. The molecule has 1 aromatic carbocycles. The number of anilines is 1. The van der Waals surface area contributed by atoms with Gasteiger partial charge in [-0.25, -0.2) is 0 Å². The van der Waals surface area contributed by atoms with Crippen LogP contribution in [0.1, 0.15) is 12.5 Å². The first-order valence-corrected chi connectivity index (χ1v) is 8.02. The highest BCUT2D eigenvalue weighted by molar-refractivity contribution is 7.98. The Kier molecular flexibility index (Phi) is 7.99. The van der Waals surface area contributed by atoms with E-state index in [2.05, 4.69) is 36.3 Å². The Hall–Kier alpha value is -0.750. The van der Waals surface area contributed by atoms with Crippen molar-refractivity contribution in [2.75, 3.05) is 45.1 Å². The van der Waals surface area contributed by atoms with Crippen LogP contribution in [0, 0.1) is 0 Å². The van der Waals surface area contributed by atoms with Gasteiger partial charge in [0.2, 0.25) is 0 Å². The minimum absolute atomic E-state index is 0.276. The minimum atomic E-state index is 0.276. The van der Waals surface area contributed by atoms with E-state index in [9.17, 15) is 0 Å². The van der Waals surface area contributed by atoms with E-state index in [0.717, 1.165) is 6.54 Å². The molecule has 1 unspecified atom stereocenters. The van der Waals surface area contributed by atoms with Gasteiger partial charge in [0.05, 0.1) is 13.2 Å². The molecule has 20 heavy (non-hydrogen) atoms. The molecule has 0 heterocycles. The van der Waals surface area contributed by atoms with Crippen molar-refractivity contribution in [1.29, 1.82) is 0 Å². The van der Waals surface area contributed by atoms with Crippen LogP contribution in [0.4, 0.5) is 5.69 Å². The normalized spacial score (nSPS) is 12.4. The maximum absolute atomic E-state index is 5.97. The fourth-order valence-corrected chi connectivity index (χ4v) is 2.97. The molecule has 0 saturated carbocycles. The third-order valence-electron chi connectivity index (χ3n) is 3.32. The summed E-state index contributed by atoms with van der Waals surface area (Å²) in [4.78, 5) is 3.55. The number of hydrogen-bond acceptors (Lipinski definition) is 5. The zero-order valence-electron chi connectivity index (χ0n) is 12.9. The molecule has 0 aliphatic heterocycles. The first-order chi connectivity index (χ1) is 9.69.